The van der Waals surface area contributed by atoms with Crippen molar-refractivity contribution in [2.75, 3.05) is 24.3 Å². The number of hydrogen-bond acceptors (Lipinski definition) is 6. The van der Waals surface area contributed by atoms with Crippen LogP contribution in [0, 0.1) is 0 Å². The van der Waals surface area contributed by atoms with Crippen LogP contribution in [-0.4, -0.2) is 48.9 Å². The molecule has 0 aliphatic carbocycles. The lowest BCUT2D eigenvalue weighted by atomic mass is 10.0. The van der Waals surface area contributed by atoms with Crippen LogP contribution in [0.2, 0.25) is 0 Å². The maximum absolute atomic E-state index is 11.6. The highest BCUT2D eigenvalue weighted by atomic mass is 32.2. The molecule has 1 aromatic heterocycles. The summed E-state index contributed by atoms with van der Waals surface area (Å²) in [6.07, 6.45) is 7.54. The molecular formula is C17H21N3O3S. The lowest BCUT2D eigenvalue weighted by Crippen LogP contribution is -2.42. The predicted octanol–water partition coefficient (Wildman–Crippen LogP) is 1.90. The molecule has 6 nitrogen and oxygen atoms in total. The van der Waals surface area contributed by atoms with Gasteiger partial charge in [0.1, 0.15) is 5.69 Å². The van der Waals surface area contributed by atoms with Crippen molar-refractivity contribution in [1.29, 1.82) is 0 Å². The summed E-state index contributed by atoms with van der Waals surface area (Å²) in [5, 5.41) is 9.65. The monoisotopic (exact) mass is 347 g/mol. The molecule has 7 heteroatoms. The summed E-state index contributed by atoms with van der Waals surface area (Å²) in [4.78, 5) is 11.3. The molecule has 1 N–H and O–H groups in total. The quantitative estimate of drug-likeness (QED) is 0.909. The molecule has 1 atom stereocenters. The molecule has 128 valence electrons. The Labute approximate surface area is 142 Å². The van der Waals surface area contributed by atoms with Gasteiger partial charge in [-0.25, -0.2) is 13.4 Å². The molecule has 1 fully saturated rings. The van der Waals surface area contributed by atoms with Gasteiger partial charge in [-0.1, -0.05) is 12.1 Å². The number of aromatic nitrogens is 2. The number of anilines is 1. The zero-order valence-electron chi connectivity index (χ0n) is 13.6. The summed E-state index contributed by atoms with van der Waals surface area (Å²) in [5.41, 5.74) is 1.52. The molecular weight excluding hydrogens is 326 g/mol. The normalized spacial score (nSPS) is 18.6. The maximum atomic E-state index is 11.6. The number of benzene rings is 1. The second-order valence-electron chi connectivity index (χ2n) is 6.05. The van der Waals surface area contributed by atoms with Crippen LogP contribution in [0.15, 0.2) is 41.6 Å². The van der Waals surface area contributed by atoms with E-state index in [1.165, 1.54) is 6.26 Å². The van der Waals surface area contributed by atoms with E-state index < -0.39 is 9.84 Å². The van der Waals surface area contributed by atoms with Gasteiger partial charge in [0.2, 0.25) is 0 Å². The Morgan fingerprint density at radius 2 is 1.88 bits per heavy atom. The van der Waals surface area contributed by atoms with Gasteiger partial charge in [-0.15, -0.1) is 0 Å². The van der Waals surface area contributed by atoms with Crippen LogP contribution in [0.1, 0.15) is 19.3 Å². The average molecular weight is 347 g/mol. The number of aliphatic hydroxyl groups excluding tert-OH is 1. The highest BCUT2D eigenvalue weighted by Gasteiger charge is 2.25. The Bertz CT molecular complexity index is 806. The van der Waals surface area contributed by atoms with Crippen LogP contribution in [0.25, 0.3) is 11.3 Å². The van der Waals surface area contributed by atoms with Crippen LogP contribution < -0.4 is 4.90 Å². The number of rotatable bonds is 4. The smallest absolute Gasteiger partial charge is 0.175 e. The summed E-state index contributed by atoms with van der Waals surface area (Å²) in [5.74, 6) is 0.739. The van der Waals surface area contributed by atoms with Crippen molar-refractivity contribution in [2.45, 2.75) is 30.2 Å². The number of hydrogen-bond donors (Lipinski definition) is 1. The molecule has 2 heterocycles. The van der Waals surface area contributed by atoms with E-state index in [2.05, 4.69) is 14.9 Å². The second kappa shape index (κ2) is 6.86. The fraction of sp³-hybridized carbons (Fsp3) is 0.412. The molecule has 2 aromatic rings. The van der Waals surface area contributed by atoms with E-state index in [1.54, 1.807) is 36.7 Å². The van der Waals surface area contributed by atoms with Gasteiger partial charge >= 0.3 is 0 Å². The molecule has 1 aliphatic rings. The molecule has 1 aromatic carbocycles. The zero-order valence-corrected chi connectivity index (χ0v) is 14.4. The predicted molar refractivity (Wildman–Crippen MR) is 92.6 cm³/mol. The SMILES string of the molecule is CS(=O)(=O)c1ccc(-c2nccnc2N2CCCCC2CO)cc1. The van der Waals surface area contributed by atoms with E-state index >= 15 is 0 Å². The third-order valence-electron chi connectivity index (χ3n) is 4.34. The van der Waals surface area contributed by atoms with E-state index in [0.717, 1.165) is 37.2 Å². The van der Waals surface area contributed by atoms with Crippen molar-refractivity contribution < 1.29 is 13.5 Å². The average Bonchev–Trinajstić information content (AvgIpc) is 2.61. The molecule has 0 radical (unpaired) electrons. The van der Waals surface area contributed by atoms with E-state index in [4.69, 9.17) is 0 Å². The zero-order chi connectivity index (χ0) is 17.2. The van der Waals surface area contributed by atoms with Gasteiger partial charge in [0.15, 0.2) is 15.7 Å². The Hall–Kier alpha value is -1.99. The summed E-state index contributed by atoms with van der Waals surface area (Å²) >= 11 is 0. The van der Waals surface area contributed by atoms with Crippen LogP contribution >= 0.6 is 0 Å². The molecule has 0 bridgehead atoms. The van der Waals surface area contributed by atoms with Crippen molar-refractivity contribution in [3.05, 3.63) is 36.7 Å². The van der Waals surface area contributed by atoms with Gasteiger partial charge in [-0.2, -0.15) is 0 Å². The number of sulfone groups is 1. The largest absolute Gasteiger partial charge is 0.394 e. The first-order valence-corrected chi connectivity index (χ1v) is 9.89. The Morgan fingerprint density at radius 1 is 1.17 bits per heavy atom. The lowest BCUT2D eigenvalue weighted by molar-refractivity contribution is 0.239. The minimum Gasteiger partial charge on any atom is -0.394 e. The van der Waals surface area contributed by atoms with Crippen LogP contribution in [0.4, 0.5) is 5.82 Å². The fourth-order valence-electron chi connectivity index (χ4n) is 3.07. The van der Waals surface area contributed by atoms with Crippen LogP contribution in [-0.2, 0) is 9.84 Å². The third-order valence-corrected chi connectivity index (χ3v) is 5.47. The van der Waals surface area contributed by atoms with Crippen molar-refractivity contribution >= 4 is 15.7 Å². The summed E-state index contributed by atoms with van der Waals surface area (Å²) in [6, 6.07) is 6.72. The highest BCUT2D eigenvalue weighted by molar-refractivity contribution is 7.90. The van der Waals surface area contributed by atoms with Crippen LogP contribution in [0.5, 0.6) is 0 Å². The Morgan fingerprint density at radius 3 is 2.54 bits per heavy atom. The van der Waals surface area contributed by atoms with Gasteiger partial charge in [-0.05, 0) is 31.4 Å². The van der Waals surface area contributed by atoms with E-state index in [-0.39, 0.29) is 17.5 Å². The van der Waals surface area contributed by atoms with Crippen molar-refractivity contribution in [3.63, 3.8) is 0 Å². The second-order valence-corrected chi connectivity index (χ2v) is 8.07. The number of piperidine rings is 1. The van der Waals surface area contributed by atoms with Gasteiger partial charge < -0.3 is 10.0 Å². The number of nitrogens with zero attached hydrogens (tertiary/aromatic N) is 3. The summed E-state index contributed by atoms with van der Waals surface area (Å²) < 4.78 is 23.2. The van der Waals surface area contributed by atoms with Crippen molar-refractivity contribution in [3.8, 4) is 11.3 Å². The Balaban J connectivity index is 2.00. The van der Waals surface area contributed by atoms with Crippen LogP contribution in [0.3, 0.4) is 0 Å². The summed E-state index contributed by atoms with van der Waals surface area (Å²) in [6.45, 7) is 0.918. The van der Waals surface area contributed by atoms with E-state index in [0.29, 0.717) is 5.69 Å². The first-order chi connectivity index (χ1) is 11.5. The summed E-state index contributed by atoms with van der Waals surface area (Å²) in [7, 11) is -3.22. The highest BCUT2D eigenvalue weighted by Crippen LogP contribution is 2.31. The third kappa shape index (κ3) is 3.42. The van der Waals surface area contributed by atoms with Gasteiger partial charge in [0, 0.05) is 30.8 Å². The molecule has 0 spiro atoms. The molecule has 0 saturated carbocycles. The molecule has 1 aliphatic heterocycles. The van der Waals surface area contributed by atoms with Gasteiger partial charge in [0.25, 0.3) is 0 Å². The topological polar surface area (TPSA) is 83.4 Å². The lowest BCUT2D eigenvalue weighted by Gasteiger charge is -2.36. The standard InChI is InChI=1S/C17H21N3O3S/c1-24(22,23)15-7-5-13(6-8-15)16-17(19-10-9-18-16)20-11-3-2-4-14(20)12-21/h5-10,14,21H,2-4,11-12H2,1H3. The van der Waals surface area contributed by atoms with Crippen molar-refractivity contribution in [1.82, 2.24) is 9.97 Å². The Kier molecular flexibility index (Phi) is 4.82. The molecule has 0 amide bonds. The number of aliphatic hydroxyl groups is 1. The van der Waals surface area contributed by atoms with E-state index in [9.17, 15) is 13.5 Å². The molecule has 1 unspecified atom stereocenters. The first-order valence-electron chi connectivity index (χ1n) is 7.99. The van der Waals surface area contributed by atoms with Gasteiger partial charge in [-0.3, -0.25) is 4.98 Å². The minimum atomic E-state index is -3.22. The minimum absolute atomic E-state index is 0.0458. The van der Waals surface area contributed by atoms with Gasteiger partial charge in [0.05, 0.1) is 17.5 Å². The van der Waals surface area contributed by atoms with E-state index in [1.807, 2.05) is 0 Å². The molecule has 1 saturated heterocycles. The van der Waals surface area contributed by atoms with Crippen molar-refractivity contribution in [2.24, 2.45) is 0 Å². The molecule has 24 heavy (non-hydrogen) atoms. The first kappa shape index (κ1) is 16.9. The molecule has 3 rings (SSSR count). The maximum Gasteiger partial charge on any atom is 0.175 e. The fourth-order valence-corrected chi connectivity index (χ4v) is 3.70.